The Kier molecular flexibility index (Phi) is 4.97. The zero-order valence-electron chi connectivity index (χ0n) is 6.63. The molecule has 0 aliphatic heterocycles. The van der Waals surface area contributed by atoms with E-state index < -0.39 is 0 Å². The van der Waals surface area contributed by atoms with Gasteiger partial charge in [0.2, 0.25) is 0 Å². The second kappa shape index (κ2) is 4.61. The minimum atomic E-state index is 0. The number of hydrogen-bond acceptors (Lipinski definition) is 1. The van der Waals surface area contributed by atoms with Crippen LogP contribution in [-0.2, 0) is 37.5 Å². The minimum absolute atomic E-state index is 0. The molecule has 1 aliphatic rings. The van der Waals surface area contributed by atoms with Crippen molar-refractivity contribution in [3.05, 3.63) is 6.42 Å². The van der Waals surface area contributed by atoms with Crippen molar-refractivity contribution in [2.45, 2.75) is 26.7 Å². The van der Waals surface area contributed by atoms with Gasteiger partial charge in [0.25, 0.3) is 0 Å². The Bertz CT molecular complexity index is 122. The van der Waals surface area contributed by atoms with Crippen LogP contribution in [0.15, 0.2) is 0 Å². The first-order chi connectivity index (χ1) is 4.20. The minimum Gasteiger partial charge on any atom is -0.318 e. The smallest absolute Gasteiger partial charge is 0.103 e. The molecule has 1 saturated carbocycles. The molecule has 0 saturated heterocycles. The summed E-state index contributed by atoms with van der Waals surface area (Å²) in [7, 11) is 0. The van der Waals surface area contributed by atoms with Crippen molar-refractivity contribution in [3.8, 4) is 0 Å². The number of rotatable bonds is 0. The summed E-state index contributed by atoms with van der Waals surface area (Å²) in [5, 5.41) is 0. The molecule has 0 bridgehead atoms. The molecule has 55 valence electrons. The van der Waals surface area contributed by atoms with E-state index in [9.17, 15) is 4.79 Å². The van der Waals surface area contributed by atoms with Gasteiger partial charge < -0.3 is 11.2 Å². The Labute approximate surface area is 87.8 Å². The second-order valence-electron chi connectivity index (χ2n) is 3.02. The molecule has 2 heteroatoms. The molecule has 1 aliphatic carbocycles. The molecule has 1 nitrogen and oxygen atoms in total. The fourth-order valence-corrected chi connectivity index (χ4v) is 1.18. The van der Waals surface area contributed by atoms with Crippen LogP contribution in [-0.4, -0.2) is 5.78 Å². The molecule has 1 radical (unpaired) electrons. The largest absolute Gasteiger partial charge is 0.318 e. The Hall–Kier alpha value is 0.774. The first-order valence-electron chi connectivity index (χ1n) is 3.55. The summed E-state index contributed by atoms with van der Waals surface area (Å²) >= 11 is 0. The van der Waals surface area contributed by atoms with Gasteiger partial charge in [-0.2, -0.15) is 5.92 Å². The van der Waals surface area contributed by atoms with Crippen molar-refractivity contribution in [2.75, 3.05) is 0 Å². The third-order valence-electron chi connectivity index (χ3n) is 2.16. The van der Waals surface area contributed by atoms with Crippen molar-refractivity contribution in [3.63, 3.8) is 0 Å². The summed E-state index contributed by atoms with van der Waals surface area (Å²) < 4.78 is 0. The quantitative estimate of drug-likeness (QED) is 0.562. The van der Waals surface area contributed by atoms with Crippen molar-refractivity contribution < 1.29 is 37.5 Å². The van der Waals surface area contributed by atoms with Gasteiger partial charge in [-0.1, -0.05) is 19.8 Å². The van der Waals surface area contributed by atoms with Crippen molar-refractivity contribution in [1.82, 2.24) is 0 Å². The Morgan fingerprint density at radius 1 is 1.50 bits per heavy atom. The SMILES string of the molecule is CC1[CH-]CC(=O)CC1C.[Y]. The summed E-state index contributed by atoms with van der Waals surface area (Å²) in [6, 6.07) is 0. The number of Topliss-reactive ketones (excluding diaryl/α,β-unsaturated/α-hetero) is 1. The number of ketones is 1. The molecular formula is C8H13OY-. The second-order valence-corrected chi connectivity index (χ2v) is 3.02. The fourth-order valence-electron chi connectivity index (χ4n) is 1.18. The van der Waals surface area contributed by atoms with E-state index in [-0.39, 0.29) is 32.7 Å². The van der Waals surface area contributed by atoms with Gasteiger partial charge in [0.15, 0.2) is 0 Å². The summed E-state index contributed by atoms with van der Waals surface area (Å²) in [6.45, 7) is 4.31. The standard InChI is InChI=1S/C8H13O.Y/c1-6-3-4-8(9)5-7(6)2;/h3,6-7H,4-5H2,1-2H3;/q-1;. The molecule has 2 atom stereocenters. The topological polar surface area (TPSA) is 17.1 Å². The van der Waals surface area contributed by atoms with E-state index >= 15 is 0 Å². The van der Waals surface area contributed by atoms with E-state index in [1.165, 1.54) is 0 Å². The van der Waals surface area contributed by atoms with E-state index in [4.69, 9.17) is 0 Å². The molecule has 0 aromatic heterocycles. The average molecular weight is 214 g/mol. The van der Waals surface area contributed by atoms with Crippen LogP contribution in [0.5, 0.6) is 0 Å². The summed E-state index contributed by atoms with van der Waals surface area (Å²) in [5.41, 5.74) is 0. The molecule has 0 aromatic carbocycles. The van der Waals surface area contributed by atoms with E-state index in [1.54, 1.807) is 0 Å². The predicted octanol–water partition coefficient (Wildman–Crippen LogP) is 1.82. The van der Waals surface area contributed by atoms with Crippen LogP contribution in [0.2, 0.25) is 0 Å². The fraction of sp³-hybridized carbons (Fsp3) is 0.750. The molecule has 0 N–H and O–H groups in total. The van der Waals surface area contributed by atoms with Crippen LogP contribution in [0, 0.1) is 18.3 Å². The van der Waals surface area contributed by atoms with Gasteiger partial charge in [0.1, 0.15) is 5.78 Å². The van der Waals surface area contributed by atoms with Crippen LogP contribution in [0.3, 0.4) is 0 Å². The van der Waals surface area contributed by atoms with Crippen molar-refractivity contribution in [2.24, 2.45) is 11.8 Å². The Balaban J connectivity index is 0.000000810. The van der Waals surface area contributed by atoms with Crippen LogP contribution >= 0.6 is 0 Å². The molecule has 1 rings (SSSR count). The number of carbonyl (C=O) groups excluding carboxylic acids is 1. The summed E-state index contributed by atoms with van der Waals surface area (Å²) in [4.78, 5) is 10.8. The van der Waals surface area contributed by atoms with Crippen LogP contribution < -0.4 is 0 Å². The van der Waals surface area contributed by atoms with Gasteiger partial charge in [-0.05, 0) is 0 Å². The van der Waals surface area contributed by atoms with Gasteiger partial charge >= 0.3 is 0 Å². The van der Waals surface area contributed by atoms with E-state index in [0.717, 1.165) is 6.42 Å². The molecule has 0 spiro atoms. The third kappa shape index (κ3) is 2.79. The molecular weight excluding hydrogens is 201 g/mol. The van der Waals surface area contributed by atoms with Crippen molar-refractivity contribution >= 4 is 5.78 Å². The van der Waals surface area contributed by atoms with Gasteiger partial charge in [0.05, 0.1) is 0 Å². The maximum absolute atomic E-state index is 10.8. The maximum Gasteiger partial charge on any atom is 0.103 e. The number of carbonyl (C=O) groups is 1. The van der Waals surface area contributed by atoms with Gasteiger partial charge in [-0.3, -0.25) is 0 Å². The molecule has 2 unspecified atom stereocenters. The first kappa shape index (κ1) is 10.8. The zero-order valence-corrected chi connectivity index (χ0v) is 9.47. The monoisotopic (exact) mass is 214 g/mol. The maximum atomic E-state index is 10.8. The molecule has 0 heterocycles. The first-order valence-corrected chi connectivity index (χ1v) is 3.55. The van der Waals surface area contributed by atoms with E-state index in [2.05, 4.69) is 20.3 Å². The van der Waals surface area contributed by atoms with Gasteiger partial charge in [-0.25, -0.2) is 0 Å². The summed E-state index contributed by atoms with van der Waals surface area (Å²) in [5.74, 6) is 1.62. The molecule has 0 amide bonds. The van der Waals surface area contributed by atoms with E-state index in [1.807, 2.05) is 0 Å². The zero-order chi connectivity index (χ0) is 6.85. The normalized spacial score (nSPS) is 33.2. The van der Waals surface area contributed by atoms with Crippen LogP contribution in [0.4, 0.5) is 0 Å². The Morgan fingerprint density at radius 2 is 2.10 bits per heavy atom. The Morgan fingerprint density at radius 3 is 2.50 bits per heavy atom. The molecule has 1 fully saturated rings. The van der Waals surface area contributed by atoms with Gasteiger partial charge in [0, 0.05) is 39.1 Å². The molecule has 0 aromatic rings. The van der Waals surface area contributed by atoms with Crippen molar-refractivity contribution in [1.29, 1.82) is 0 Å². The number of hydrogen-bond donors (Lipinski definition) is 0. The van der Waals surface area contributed by atoms with Gasteiger partial charge in [-0.15, -0.1) is 6.42 Å². The third-order valence-corrected chi connectivity index (χ3v) is 2.16. The van der Waals surface area contributed by atoms with Crippen LogP contribution in [0.25, 0.3) is 0 Å². The summed E-state index contributed by atoms with van der Waals surface area (Å²) in [6.07, 6.45) is 3.61. The molecule has 10 heavy (non-hydrogen) atoms. The predicted molar refractivity (Wildman–Crippen MR) is 36.9 cm³/mol. The van der Waals surface area contributed by atoms with E-state index in [0.29, 0.717) is 24.0 Å². The average Bonchev–Trinajstić information content (AvgIpc) is 1.80. The van der Waals surface area contributed by atoms with Crippen LogP contribution in [0.1, 0.15) is 26.7 Å².